The van der Waals surface area contributed by atoms with E-state index in [0.717, 1.165) is 0 Å². The average molecular weight is 246 g/mol. The van der Waals surface area contributed by atoms with Crippen LogP contribution in [0.15, 0.2) is 18.2 Å². The molecule has 0 radical (unpaired) electrons. The van der Waals surface area contributed by atoms with Gasteiger partial charge in [-0.05, 0) is 55.4 Å². The van der Waals surface area contributed by atoms with Gasteiger partial charge in [0.2, 0.25) is 0 Å². The summed E-state index contributed by atoms with van der Waals surface area (Å²) in [5, 5.41) is 3.71. The molecule has 1 unspecified atom stereocenters. The molecule has 18 heavy (non-hydrogen) atoms. The lowest BCUT2D eigenvalue weighted by molar-refractivity contribution is 0.378. The Morgan fingerprint density at radius 3 is 2.50 bits per heavy atom. The number of benzene rings is 1. The zero-order valence-corrected chi connectivity index (χ0v) is 12.4. The Kier molecular flexibility index (Phi) is 3.56. The minimum Gasteiger partial charge on any atom is -0.382 e. The van der Waals surface area contributed by atoms with Crippen LogP contribution >= 0.6 is 0 Å². The zero-order chi connectivity index (χ0) is 13.3. The highest BCUT2D eigenvalue weighted by molar-refractivity contribution is 5.60. The Balaban J connectivity index is 2.06. The molecule has 0 aliphatic heterocycles. The van der Waals surface area contributed by atoms with Crippen molar-refractivity contribution in [3.8, 4) is 0 Å². The molecule has 1 atom stereocenters. The van der Waals surface area contributed by atoms with Gasteiger partial charge in [0.15, 0.2) is 0 Å². The third-order valence-electron chi connectivity index (χ3n) is 4.05. The first-order valence-electron chi connectivity index (χ1n) is 6.92. The Labute approximate surface area is 111 Å². The van der Waals surface area contributed by atoms with E-state index in [9.17, 15) is 0 Å². The molecule has 0 bridgehead atoms. The van der Waals surface area contributed by atoms with Crippen molar-refractivity contribution in [1.82, 2.24) is 0 Å². The van der Waals surface area contributed by atoms with Gasteiger partial charge < -0.3 is 10.2 Å². The van der Waals surface area contributed by atoms with E-state index in [1.54, 1.807) is 0 Å². The molecule has 0 amide bonds. The highest BCUT2D eigenvalue weighted by atomic mass is 15.1. The molecule has 1 fully saturated rings. The summed E-state index contributed by atoms with van der Waals surface area (Å²) in [6.07, 6.45) is 3.91. The fraction of sp³-hybridized carbons (Fsp3) is 0.625. The first-order valence-corrected chi connectivity index (χ1v) is 6.92. The standard InChI is InChI=1S/C16H26N2/c1-12-10-14(18(4)5)6-7-15(12)17-13-8-9-16(2,3)11-13/h6-7,10,13,17H,8-9,11H2,1-5H3. The summed E-state index contributed by atoms with van der Waals surface area (Å²) in [5.74, 6) is 0. The molecule has 2 nitrogen and oxygen atoms in total. The van der Waals surface area contributed by atoms with Crippen molar-refractivity contribution in [2.75, 3.05) is 24.3 Å². The first-order chi connectivity index (χ1) is 8.37. The first kappa shape index (κ1) is 13.3. The molecule has 1 saturated carbocycles. The summed E-state index contributed by atoms with van der Waals surface area (Å²) in [7, 11) is 4.17. The smallest absolute Gasteiger partial charge is 0.0373 e. The van der Waals surface area contributed by atoms with Crippen molar-refractivity contribution in [1.29, 1.82) is 0 Å². The molecular formula is C16H26N2. The van der Waals surface area contributed by atoms with Crippen molar-refractivity contribution in [2.45, 2.75) is 46.1 Å². The third kappa shape index (κ3) is 2.98. The van der Waals surface area contributed by atoms with Crippen LogP contribution in [-0.2, 0) is 0 Å². The molecule has 1 aromatic carbocycles. The Morgan fingerprint density at radius 1 is 1.28 bits per heavy atom. The van der Waals surface area contributed by atoms with Crippen LogP contribution in [0.2, 0.25) is 0 Å². The maximum atomic E-state index is 3.71. The maximum Gasteiger partial charge on any atom is 0.0373 e. The quantitative estimate of drug-likeness (QED) is 0.865. The van der Waals surface area contributed by atoms with Crippen LogP contribution < -0.4 is 10.2 Å². The van der Waals surface area contributed by atoms with Crippen LogP contribution in [0, 0.1) is 12.3 Å². The highest BCUT2D eigenvalue weighted by Crippen LogP contribution is 2.38. The van der Waals surface area contributed by atoms with Crippen LogP contribution in [0.4, 0.5) is 11.4 Å². The molecule has 0 saturated heterocycles. The highest BCUT2D eigenvalue weighted by Gasteiger charge is 2.30. The third-order valence-corrected chi connectivity index (χ3v) is 4.05. The Hall–Kier alpha value is -1.18. The summed E-state index contributed by atoms with van der Waals surface area (Å²) in [4.78, 5) is 2.15. The van der Waals surface area contributed by atoms with E-state index < -0.39 is 0 Å². The molecule has 2 heteroatoms. The molecule has 0 spiro atoms. The van der Waals surface area contributed by atoms with Gasteiger partial charge in [-0.15, -0.1) is 0 Å². The monoisotopic (exact) mass is 246 g/mol. The fourth-order valence-corrected chi connectivity index (χ4v) is 2.87. The Bertz CT molecular complexity index is 421. The lowest BCUT2D eigenvalue weighted by Crippen LogP contribution is -2.18. The van der Waals surface area contributed by atoms with Gasteiger partial charge in [0, 0.05) is 31.5 Å². The van der Waals surface area contributed by atoms with Crippen LogP contribution in [-0.4, -0.2) is 20.1 Å². The summed E-state index contributed by atoms with van der Waals surface area (Å²) >= 11 is 0. The second-order valence-corrected chi connectivity index (χ2v) is 6.64. The maximum absolute atomic E-state index is 3.71. The van der Waals surface area contributed by atoms with E-state index >= 15 is 0 Å². The minimum atomic E-state index is 0.509. The van der Waals surface area contributed by atoms with E-state index in [2.05, 4.69) is 63.3 Å². The van der Waals surface area contributed by atoms with Crippen molar-refractivity contribution in [3.05, 3.63) is 23.8 Å². The summed E-state index contributed by atoms with van der Waals surface area (Å²) < 4.78 is 0. The molecular weight excluding hydrogens is 220 g/mol. The van der Waals surface area contributed by atoms with E-state index in [0.29, 0.717) is 11.5 Å². The second kappa shape index (κ2) is 4.83. The van der Waals surface area contributed by atoms with Crippen LogP contribution in [0.1, 0.15) is 38.7 Å². The lowest BCUT2D eigenvalue weighted by atomic mass is 9.92. The van der Waals surface area contributed by atoms with Crippen LogP contribution in [0.5, 0.6) is 0 Å². The van der Waals surface area contributed by atoms with Crippen LogP contribution in [0.25, 0.3) is 0 Å². The van der Waals surface area contributed by atoms with Gasteiger partial charge in [-0.2, -0.15) is 0 Å². The predicted octanol–water partition coefficient (Wildman–Crippen LogP) is 4.05. The number of hydrogen-bond donors (Lipinski definition) is 1. The molecule has 0 aromatic heterocycles. The van der Waals surface area contributed by atoms with Crippen LogP contribution in [0.3, 0.4) is 0 Å². The van der Waals surface area contributed by atoms with Crippen molar-refractivity contribution >= 4 is 11.4 Å². The topological polar surface area (TPSA) is 15.3 Å². The molecule has 1 aliphatic rings. The number of rotatable bonds is 3. The van der Waals surface area contributed by atoms with Crippen molar-refractivity contribution in [3.63, 3.8) is 0 Å². The number of aryl methyl sites for hydroxylation is 1. The molecule has 100 valence electrons. The fourth-order valence-electron chi connectivity index (χ4n) is 2.87. The number of nitrogens with one attached hydrogen (secondary N) is 1. The zero-order valence-electron chi connectivity index (χ0n) is 12.4. The van der Waals surface area contributed by atoms with E-state index in [1.807, 2.05) is 0 Å². The van der Waals surface area contributed by atoms with Gasteiger partial charge in [0.25, 0.3) is 0 Å². The molecule has 1 aliphatic carbocycles. The van der Waals surface area contributed by atoms with E-state index in [1.165, 1.54) is 36.2 Å². The predicted molar refractivity (Wildman–Crippen MR) is 80.5 cm³/mol. The summed E-state index contributed by atoms with van der Waals surface area (Å²) in [5.41, 5.74) is 4.41. The summed E-state index contributed by atoms with van der Waals surface area (Å²) in [6, 6.07) is 7.30. The van der Waals surface area contributed by atoms with Crippen molar-refractivity contribution < 1.29 is 0 Å². The van der Waals surface area contributed by atoms with Gasteiger partial charge in [-0.25, -0.2) is 0 Å². The normalized spacial score (nSPS) is 21.9. The number of hydrogen-bond acceptors (Lipinski definition) is 2. The Morgan fingerprint density at radius 2 is 2.00 bits per heavy atom. The molecule has 2 rings (SSSR count). The van der Waals surface area contributed by atoms with Crippen molar-refractivity contribution in [2.24, 2.45) is 5.41 Å². The SMILES string of the molecule is Cc1cc(N(C)C)ccc1NC1CCC(C)(C)C1. The molecule has 1 N–H and O–H groups in total. The van der Waals surface area contributed by atoms with Gasteiger partial charge in [0.05, 0.1) is 0 Å². The number of nitrogens with zero attached hydrogens (tertiary/aromatic N) is 1. The van der Waals surface area contributed by atoms with Gasteiger partial charge in [0.1, 0.15) is 0 Å². The number of anilines is 2. The van der Waals surface area contributed by atoms with E-state index in [4.69, 9.17) is 0 Å². The van der Waals surface area contributed by atoms with E-state index in [-0.39, 0.29) is 0 Å². The average Bonchev–Trinajstić information content (AvgIpc) is 2.61. The minimum absolute atomic E-state index is 0.509. The van der Waals surface area contributed by atoms with Gasteiger partial charge >= 0.3 is 0 Å². The second-order valence-electron chi connectivity index (χ2n) is 6.64. The lowest BCUT2D eigenvalue weighted by Gasteiger charge is -2.21. The van der Waals surface area contributed by atoms with Gasteiger partial charge in [-0.1, -0.05) is 13.8 Å². The largest absolute Gasteiger partial charge is 0.382 e. The molecule has 1 aromatic rings. The summed E-state index contributed by atoms with van der Waals surface area (Å²) in [6.45, 7) is 6.93. The van der Waals surface area contributed by atoms with Gasteiger partial charge in [-0.3, -0.25) is 0 Å². The molecule has 0 heterocycles.